The molecule has 1 heterocycles. The first kappa shape index (κ1) is 25.3. The first-order chi connectivity index (χ1) is 21.0. The molecule has 8 rings (SSSR count). The number of benzene rings is 6. The van der Waals surface area contributed by atoms with Gasteiger partial charge in [-0.15, -0.1) is 0 Å². The Morgan fingerprint density at radius 2 is 0.907 bits per heavy atom. The highest BCUT2D eigenvalue weighted by Crippen LogP contribution is 2.49. The van der Waals surface area contributed by atoms with Crippen LogP contribution in [0.4, 0.5) is 0 Å². The smallest absolute Gasteiger partial charge is 0.164 e. The lowest BCUT2D eigenvalue weighted by atomic mass is 9.82. The molecule has 1 aliphatic rings. The largest absolute Gasteiger partial charge is 0.208 e. The average molecular weight is 552 g/mol. The minimum absolute atomic E-state index is 0.0986. The van der Waals surface area contributed by atoms with E-state index in [1.807, 2.05) is 30.3 Å². The van der Waals surface area contributed by atoms with Gasteiger partial charge in [-0.2, -0.15) is 0 Å². The molecule has 43 heavy (non-hydrogen) atoms. The van der Waals surface area contributed by atoms with Crippen LogP contribution in [0.2, 0.25) is 0 Å². The van der Waals surface area contributed by atoms with Gasteiger partial charge in [-0.25, -0.2) is 15.0 Å². The summed E-state index contributed by atoms with van der Waals surface area (Å²) in [4.78, 5) is 15.0. The van der Waals surface area contributed by atoms with E-state index in [-0.39, 0.29) is 5.41 Å². The zero-order valence-corrected chi connectivity index (χ0v) is 24.1. The normalized spacial score (nSPS) is 13.1. The van der Waals surface area contributed by atoms with Crippen LogP contribution in [0.1, 0.15) is 25.0 Å². The van der Waals surface area contributed by atoms with Crippen LogP contribution in [0.3, 0.4) is 0 Å². The van der Waals surface area contributed by atoms with Crippen molar-refractivity contribution in [1.29, 1.82) is 0 Å². The summed E-state index contributed by atoms with van der Waals surface area (Å²) in [6, 6.07) is 49.1. The summed E-state index contributed by atoms with van der Waals surface area (Å²) < 4.78 is 0. The summed E-state index contributed by atoms with van der Waals surface area (Å²) in [6.07, 6.45) is 0. The number of hydrogen-bond acceptors (Lipinski definition) is 3. The highest BCUT2D eigenvalue weighted by molar-refractivity contribution is 5.87. The number of hydrogen-bond donors (Lipinski definition) is 0. The van der Waals surface area contributed by atoms with Gasteiger partial charge in [-0.05, 0) is 56.3 Å². The van der Waals surface area contributed by atoms with E-state index >= 15 is 0 Å². The Kier molecular flexibility index (Phi) is 5.80. The van der Waals surface area contributed by atoms with Gasteiger partial charge in [0.25, 0.3) is 0 Å². The molecule has 0 spiro atoms. The van der Waals surface area contributed by atoms with Crippen LogP contribution in [-0.2, 0) is 5.41 Å². The van der Waals surface area contributed by atoms with Crippen LogP contribution in [0, 0.1) is 0 Å². The van der Waals surface area contributed by atoms with Crippen molar-refractivity contribution in [2.75, 3.05) is 0 Å². The van der Waals surface area contributed by atoms with E-state index in [2.05, 4.69) is 123 Å². The molecular weight excluding hydrogens is 522 g/mol. The number of rotatable bonds is 4. The summed E-state index contributed by atoms with van der Waals surface area (Å²) >= 11 is 0. The van der Waals surface area contributed by atoms with Gasteiger partial charge in [0.1, 0.15) is 0 Å². The fraction of sp³-hybridized carbons (Fsp3) is 0.0750. The average Bonchev–Trinajstić information content (AvgIpc) is 3.30. The SMILES string of the molecule is CC1(C)c2ccccc2-c2ccc(-c3nc(-c4ccccc4)nc(-c4ccc(-c5ccc6ccccc6c5)cc4)n3)cc21. The molecule has 0 radical (unpaired) electrons. The van der Waals surface area contributed by atoms with Crippen molar-refractivity contribution in [2.24, 2.45) is 0 Å². The summed E-state index contributed by atoms with van der Waals surface area (Å²) in [5, 5.41) is 2.48. The molecule has 0 saturated heterocycles. The summed E-state index contributed by atoms with van der Waals surface area (Å²) in [5.41, 5.74) is 10.4. The van der Waals surface area contributed by atoms with Crippen molar-refractivity contribution in [2.45, 2.75) is 19.3 Å². The first-order valence-corrected chi connectivity index (χ1v) is 14.7. The van der Waals surface area contributed by atoms with Crippen molar-refractivity contribution in [1.82, 2.24) is 15.0 Å². The molecule has 7 aromatic rings. The standard InChI is InChI=1S/C40H29N3/c1-40(2)35-15-9-8-14-33(35)34-23-22-32(25-36(34)40)39-42-37(28-11-4-3-5-12-28)41-38(43-39)29-19-16-27(17-20-29)31-21-18-26-10-6-7-13-30(26)24-31/h3-25H,1-2H3. The fourth-order valence-corrected chi connectivity index (χ4v) is 6.37. The van der Waals surface area contributed by atoms with Crippen molar-refractivity contribution in [3.63, 3.8) is 0 Å². The third kappa shape index (κ3) is 4.33. The van der Waals surface area contributed by atoms with Gasteiger partial charge in [0.2, 0.25) is 0 Å². The second-order valence-electron chi connectivity index (χ2n) is 11.7. The maximum absolute atomic E-state index is 5.04. The zero-order valence-electron chi connectivity index (χ0n) is 24.1. The minimum Gasteiger partial charge on any atom is -0.208 e. The van der Waals surface area contributed by atoms with Gasteiger partial charge in [0.05, 0.1) is 0 Å². The molecule has 0 saturated carbocycles. The third-order valence-electron chi connectivity index (χ3n) is 8.73. The van der Waals surface area contributed by atoms with E-state index in [1.54, 1.807) is 0 Å². The Labute approximate surface area is 251 Å². The lowest BCUT2D eigenvalue weighted by molar-refractivity contribution is 0.660. The second kappa shape index (κ2) is 9.85. The van der Waals surface area contributed by atoms with Crippen molar-refractivity contribution >= 4 is 10.8 Å². The lowest BCUT2D eigenvalue weighted by Gasteiger charge is -2.21. The quantitative estimate of drug-likeness (QED) is 0.218. The highest BCUT2D eigenvalue weighted by Gasteiger charge is 2.35. The maximum atomic E-state index is 5.04. The molecule has 0 atom stereocenters. The number of fused-ring (bicyclic) bond motifs is 4. The van der Waals surface area contributed by atoms with E-state index in [1.165, 1.54) is 38.6 Å². The predicted molar refractivity (Wildman–Crippen MR) is 177 cm³/mol. The highest BCUT2D eigenvalue weighted by atomic mass is 15.0. The molecule has 0 fully saturated rings. The molecule has 3 heteroatoms. The van der Waals surface area contributed by atoms with Crippen LogP contribution >= 0.6 is 0 Å². The molecule has 0 unspecified atom stereocenters. The molecule has 0 aliphatic heterocycles. The molecule has 6 aromatic carbocycles. The molecule has 1 aliphatic carbocycles. The Morgan fingerprint density at radius 1 is 0.372 bits per heavy atom. The van der Waals surface area contributed by atoms with Gasteiger partial charge in [-0.3, -0.25) is 0 Å². The van der Waals surface area contributed by atoms with E-state index in [0.29, 0.717) is 17.5 Å². The minimum atomic E-state index is -0.0986. The third-order valence-corrected chi connectivity index (χ3v) is 8.73. The zero-order chi connectivity index (χ0) is 29.0. The Bertz CT molecular complexity index is 2140. The fourth-order valence-electron chi connectivity index (χ4n) is 6.37. The van der Waals surface area contributed by atoms with Crippen LogP contribution in [0.25, 0.3) is 67.2 Å². The van der Waals surface area contributed by atoms with Crippen molar-refractivity contribution in [3.8, 4) is 56.4 Å². The van der Waals surface area contributed by atoms with Gasteiger partial charge in [-0.1, -0.05) is 141 Å². The van der Waals surface area contributed by atoms with Crippen molar-refractivity contribution < 1.29 is 0 Å². The van der Waals surface area contributed by atoms with Gasteiger partial charge < -0.3 is 0 Å². The molecule has 0 bridgehead atoms. The van der Waals surface area contributed by atoms with E-state index < -0.39 is 0 Å². The molecule has 0 amide bonds. The lowest BCUT2D eigenvalue weighted by Crippen LogP contribution is -2.15. The number of aromatic nitrogens is 3. The van der Waals surface area contributed by atoms with Gasteiger partial charge >= 0.3 is 0 Å². The molecule has 1 aromatic heterocycles. The van der Waals surface area contributed by atoms with Crippen LogP contribution in [0.5, 0.6) is 0 Å². The van der Waals surface area contributed by atoms with Crippen molar-refractivity contribution in [3.05, 3.63) is 151 Å². The van der Waals surface area contributed by atoms with Gasteiger partial charge in [0.15, 0.2) is 17.5 Å². The summed E-state index contributed by atoms with van der Waals surface area (Å²) in [6.45, 7) is 4.60. The number of nitrogens with zero attached hydrogens (tertiary/aromatic N) is 3. The van der Waals surface area contributed by atoms with E-state index in [4.69, 9.17) is 15.0 Å². The first-order valence-electron chi connectivity index (χ1n) is 14.7. The van der Waals surface area contributed by atoms with E-state index in [9.17, 15) is 0 Å². The molecular formula is C40H29N3. The van der Waals surface area contributed by atoms with Crippen LogP contribution in [0.15, 0.2) is 140 Å². The van der Waals surface area contributed by atoms with Crippen LogP contribution < -0.4 is 0 Å². The summed E-state index contributed by atoms with van der Waals surface area (Å²) in [7, 11) is 0. The summed E-state index contributed by atoms with van der Waals surface area (Å²) in [5.74, 6) is 2.01. The van der Waals surface area contributed by atoms with E-state index in [0.717, 1.165) is 22.3 Å². The molecule has 3 nitrogen and oxygen atoms in total. The van der Waals surface area contributed by atoms with Gasteiger partial charge in [0, 0.05) is 22.1 Å². The Morgan fingerprint density at radius 3 is 1.67 bits per heavy atom. The maximum Gasteiger partial charge on any atom is 0.164 e. The Balaban J connectivity index is 1.22. The monoisotopic (exact) mass is 551 g/mol. The Hall–Kier alpha value is -5.41. The second-order valence-corrected chi connectivity index (χ2v) is 11.7. The predicted octanol–water partition coefficient (Wildman–Crippen LogP) is 10.00. The molecule has 0 N–H and O–H groups in total. The topological polar surface area (TPSA) is 38.7 Å². The molecule has 204 valence electrons. The van der Waals surface area contributed by atoms with Crippen LogP contribution in [-0.4, -0.2) is 15.0 Å².